The standard InChI is InChI=1S/C20H23FN2O3S/c1-14-3-8-19(15(2)13-14)27(25,26)23-11-9-16(10-12-23)20(24)22-18-6-4-17(21)5-7-18/h3-8,13,16H,9-12H2,1-2H3,(H,22,24). The highest BCUT2D eigenvalue weighted by Crippen LogP contribution is 2.27. The summed E-state index contributed by atoms with van der Waals surface area (Å²) in [7, 11) is -3.56. The molecule has 3 rings (SSSR count). The van der Waals surface area contributed by atoms with Crippen LogP contribution in [-0.4, -0.2) is 31.7 Å². The van der Waals surface area contributed by atoms with E-state index < -0.39 is 10.0 Å². The number of aryl methyl sites for hydroxylation is 2. The molecule has 0 radical (unpaired) electrons. The third-order valence-electron chi connectivity index (χ3n) is 4.88. The maximum absolute atomic E-state index is 12.9. The van der Waals surface area contributed by atoms with E-state index in [2.05, 4.69) is 5.32 Å². The average molecular weight is 390 g/mol. The van der Waals surface area contributed by atoms with Crippen molar-refractivity contribution in [3.63, 3.8) is 0 Å². The quantitative estimate of drug-likeness (QED) is 0.869. The lowest BCUT2D eigenvalue weighted by molar-refractivity contribution is -0.120. The van der Waals surface area contributed by atoms with Gasteiger partial charge in [0, 0.05) is 24.7 Å². The molecular weight excluding hydrogens is 367 g/mol. The molecule has 27 heavy (non-hydrogen) atoms. The van der Waals surface area contributed by atoms with Crippen molar-refractivity contribution >= 4 is 21.6 Å². The topological polar surface area (TPSA) is 66.5 Å². The molecular formula is C20H23FN2O3S. The molecule has 1 fully saturated rings. The zero-order valence-corrected chi connectivity index (χ0v) is 16.2. The zero-order chi connectivity index (χ0) is 19.6. The van der Waals surface area contributed by atoms with E-state index in [1.807, 2.05) is 13.0 Å². The van der Waals surface area contributed by atoms with E-state index in [1.165, 1.54) is 28.6 Å². The van der Waals surface area contributed by atoms with Crippen molar-refractivity contribution in [2.75, 3.05) is 18.4 Å². The van der Waals surface area contributed by atoms with Gasteiger partial charge in [-0.2, -0.15) is 4.31 Å². The molecule has 0 aliphatic carbocycles. The summed E-state index contributed by atoms with van der Waals surface area (Å²) < 4.78 is 40.2. The van der Waals surface area contributed by atoms with Crippen LogP contribution < -0.4 is 5.32 Å². The van der Waals surface area contributed by atoms with Crippen LogP contribution in [-0.2, 0) is 14.8 Å². The molecule has 1 aliphatic rings. The van der Waals surface area contributed by atoms with Crippen LogP contribution in [0.3, 0.4) is 0 Å². The molecule has 144 valence electrons. The first-order chi connectivity index (χ1) is 12.8. The highest BCUT2D eigenvalue weighted by atomic mass is 32.2. The lowest BCUT2D eigenvalue weighted by atomic mass is 9.97. The van der Waals surface area contributed by atoms with Crippen LogP contribution in [0.2, 0.25) is 0 Å². The molecule has 5 nitrogen and oxygen atoms in total. The molecule has 1 N–H and O–H groups in total. The highest BCUT2D eigenvalue weighted by Gasteiger charge is 2.32. The molecule has 0 atom stereocenters. The van der Waals surface area contributed by atoms with Gasteiger partial charge in [0.15, 0.2) is 0 Å². The average Bonchev–Trinajstić information content (AvgIpc) is 2.63. The Hall–Kier alpha value is -2.25. The van der Waals surface area contributed by atoms with Gasteiger partial charge >= 0.3 is 0 Å². The van der Waals surface area contributed by atoms with Gasteiger partial charge in [-0.15, -0.1) is 0 Å². The van der Waals surface area contributed by atoms with E-state index in [0.29, 0.717) is 36.5 Å². The van der Waals surface area contributed by atoms with Crippen LogP contribution in [0.15, 0.2) is 47.4 Å². The Balaban J connectivity index is 1.64. The predicted octanol–water partition coefficient (Wildman–Crippen LogP) is 3.48. The number of anilines is 1. The molecule has 1 amide bonds. The first-order valence-corrected chi connectivity index (χ1v) is 10.4. The number of hydrogen-bond acceptors (Lipinski definition) is 3. The van der Waals surface area contributed by atoms with Gasteiger partial charge in [0.05, 0.1) is 4.90 Å². The van der Waals surface area contributed by atoms with E-state index in [9.17, 15) is 17.6 Å². The largest absolute Gasteiger partial charge is 0.326 e. The molecule has 1 heterocycles. The first kappa shape index (κ1) is 19.5. The van der Waals surface area contributed by atoms with Crippen LogP contribution in [0.5, 0.6) is 0 Å². The molecule has 1 aliphatic heterocycles. The monoisotopic (exact) mass is 390 g/mol. The minimum Gasteiger partial charge on any atom is -0.326 e. The minimum absolute atomic E-state index is 0.162. The van der Waals surface area contributed by atoms with Crippen molar-refractivity contribution in [3.05, 3.63) is 59.4 Å². The predicted molar refractivity (Wildman–Crippen MR) is 102 cm³/mol. The van der Waals surface area contributed by atoms with E-state index >= 15 is 0 Å². The molecule has 0 bridgehead atoms. The summed E-state index contributed by atoms with van der Waals surface area (Å²) in [6.45, 7) is 4.33. The lowest BCUT2D eigenvalue weighted by Gasteiger charge is -2.31. The van der Waals surface area contributed by atoms with Crippen molar-refractivity contribution in [3.8, 4) is 0 Å². The molecule has 0 spiro atoms. The Labute approximate surface area is 159 Å². The summed E-state index contributed by atoms with van der Waals surface area (Å²) in [5, 5.41) is 2.77. The highest BCUT2D eigenvalue weighted by molar-refractivity contribution is 7.89. The number of sulfonamides is 1. The Morgan fingerprint density at radius 1 is 1.07 bits per heavy atom. The number of nitrogens with zero attached hydrogens (tertiary/aromatic N) is 1. The van der Waals surface area contributed by atoms with Gasteiger partial charge in [-0.25, -0.2) is 12.8 Å². The minimum atomic E-state index is -3.56. The van der Waals surface area contributed by atoms with E-state index in [4.69, 9.17) is 0 Å². The fourth-order valence-corrected chi connectivity index (χ4v) is 5.04. The maximum Gasteiger partial charge on any atom is 0.243 e. The summed E-state index contributed by atoms with van der Waals surface area (Å²) >= 11 is 0. The zero-order valence-electron chi connectivity index (χ0n) is 15.4. The summed E-state index contributed by atoms with van der Waals surface area (Å²) in [5.41, 5.74) is 2.28. The molecule has 1 saturated heterocycles. The van der Waals surface area contributed by atoms with Crippen molar-refractivity contribution < 1.29 is 17.6 Å². The Bertz CT molecular complexity index is 934. The fourth-order valence-electron chi connectivity index (χ4n) is 3.36. The molecule has 2 aromatic rings. The summed E-state index contributed by atoms with van der Waals surface area (Å²) in [6, 6.07) is 10.9. The molecule has 2 aromatic carbocycles. The number of rotatable bonds is 4. The van der Waals surface area contributed by atoms with Crippen molar-refractivity contribution in [2.45, 2.75) is 31.6 Å². The number of nitrogens with one attached hydrogen (secondary N) is 1. The number of carbonyl (C=O) groups is 1. The van der Waals surface area contributed by atoms with E-state index in [-0.39, 0.29) is 17.6 Å². The van der Waals surface area contributed by atoms with Gasteiger partial charge in [-0.1, -0.05) is 17.7 Å². The van der Waals surface area contributed by atoms with Gasteiger partial charge in [0.25, 0.3) is 0 Å². The molecule has 0 saturated carbocycles. The molecule has 0 aromatic heterocycles. The first-order valence-electron chi connectivity index (χ1n) is 8.91. The van der Waals surface area contributed by atoms with E-state index in [1.54, 1.807) is 19.1 Å². The van der Waals surface area contributed by atoms with Crippen LogP contribution >= 0.6 is 0 Å². The van der Waals surface area contributed by atoms with Crippen LogP contribution in [0.4, 0.5) is 10.1 Å². The second-order valence-corrected chi connectivity index (χ2v) is 8.85. The van der Waals surface area contributed by atoms with Gasteiger partial charge < -0.3 is 5.32 Å². The lowest BCUT2D eigenvalue weighted by Crippen LogP contribution is -2.41. The normalized spacial score (nSPS) is 16.3. The van der Waals surface area contributed by atoms with Gasteiger partial charge in [0.2, 0.25) is 15.9 Å². The summed E-state index contributed by atoms with van der Waals surface area (Å²) in [5.74, 6) is -0.788. The number of benzene rings is 2. The number of piperidine rings is 1. The third kappa shape index (κ3) is 4.36. The summed E-state index contributed by atoms with van der Waals surface area (Å²) in [6.07, 6.45) is 0.911. The third-order valence-corrected chi connectivity index (χ3v) is 6.94. The second-order valence-electron chi connectivity index (χ2n) is 6.94. The van der Waals surface area contributed by atoms with Crippen molar-refractivity contribution in [1.29, 1.82) is 0 Å². The van der Waals surface area contributed by atoms with Gasteiger partial charge in [-0.05, 0) is 62.6 Å². The summed E-state index contributed by atoms with van der Waals surface area (Å²) in [4.78, 5) is 12.7. The molecule has 0 unspecified atom stereocenters. The van der Waals surface area contributed by atoms with Crippen molar-refractivity contribution in [2.24, 2.45) is 5.92 Å². The Kier molecular flexibility index (Phi) is 5.62. The maximum atomic E-state index is 12.9. The van der Waals surface area contributed by atoms with Gasteiger partial charge in [-0.3, -0.25) is 4.79 Å². The smallest absolute Gasteiger partial charge is 0.243 e. The number of carbonyl (C=O) groups excluding carboxylic acids is 1. The number of halogens is 1. The van der Waals surface area contributed by atoms with Crippen LogP contribution in [0.1, 0.15) is 24.0 Å². The Morgan fingerprint density at radius 2 is 1.70 bits per heavy atom. The van der Waals surface area contributed by atoms with Gasteiger partial charge in [0.1, 0.15) is 5.82 Å². The van der Waals surface area contributed by atoms with E-state index in [0.717, 1.165) is 11.1 Å². The van der Waals surface area contributed by atoms with Crippen LogP contribution in [0, 0.1) is 25.6 Å². The number of hydrogen-bond donors (Lipinski definition) is 1. The Morgan fingerprint density at radius 3 is 2.30 bits per heavy atom. The number of amides is 1. The fraction of sp³-hybridized carbons (Fsp3) is 0.350. The van der Waals surface area contributed by atoms with Crippen molar-refractivity contribution in [1.82, 2.24) is 4.31 Å². The molecule has 7 heteroatoms. The SMILES string of the molecule is Cc1ccc(S(=O)(=O)N2CCC(C(=O)Nc3ccc(F)cc3)CC2)c(C)c1. The van der Waals surface area contributed by atoms with Crippen LogP contribution in [0.25, 0.3) is 0 Å². The second kappa shape index (κ2) is 7.78.